The molecule has 0 saturated carbocycles. The van der Waals surface area contributed by atoms with Crippen LogP contribution in [0.4, 0.5) is 5.69 Å². The molecule has 4 rings (SSSR count). The monoisotopic (exact) mass is 483 g/mol. The van der Waals surface area contributed by atoms with Crippen LogP contribution in [0.2, 0.25) is 0 Å². The highest BCUT2D eigenvalue weighted by molar-refractivity contribution is 6.13. The lowest BCUT2D eigenvalue weighted by atomic mass is 9.95. The summed E-state index contributed by atoms with van der Waals surface area (Å²) in [6, 6.07) is 18.9. The number of benzene rings is 2. The van der Waals surface area contributed by atoms with E-state index >= 15 is 0 Å². The smallest absolute Gasteiger partial charge is 0.312 e. The lowest BCUT2D eigenvalue weighted by molar-refractivity contribution is -0.148. The molecule has 4 aromatic rings. The average molecular weight is 484 g/mol. The number of carboxylic acids is 1. The molecule has 2 heterocycles. The number of hydrogen-bond donors (Lipinski definition) is 2. The van der Waals surface area contributed by atoms with Gasteiger partial charge in [-0.15, -0.1) is 0 Å². The Bertz CT molecular complexity index is 1430. The number of amides is 1. The van der Waals surface area contributed by atoms with E-state index in [-0.39, 0.29) is 12.5 Å². The second kappa shape index (κ2) is 10.2. The number of nitrogens with zero attached hydrogens (tertiary/aromatic N) is 2. The molecule has 0 spiro atoms. The van der Waals surface area contributed by atoms with Gasteiger partial charge in [0.1, 0.15) is 6.61 Å². The van der Waals surface area contributed by atoms with Gasteiger partial charge in [0.05, 0.1) is 16.5 Å². The number of carboxylic acid groups (broad SMARTS) is 1. The van der Waals surface area contributed by atoms with Gasteiger partial charge in [-0.1, -0.05) is 37.3 Å². The van der Waals surface area contributed by atoms with Crippen molar-refractivity contribution < 1.29 is 19.4 Å². The molecular weight excluding hydrogens is 454 g/mol. The van der Waals surface area contributed by atoms with Crippen LogP contribution in [0, 0.1) is 12.3 Å². The maximum atomic E-state index is 13.2. The molecule has 1 amide bonds. The van der Waals surface area contributed by atoms with Crippen molar-refractivity contribution in [3.8, 4) is 17.0 Å². The van der Waals surface area contributed by atoms with Crippen LogP contribution in [0.15, 0.2) is 66.9 Å². The van der Waals surface area contributed by atoms with E-state index in [0.717, 1.165) is 39.9 Å². The Hall–Kier alpha value is -4.26. The van der Waals surface area contributed by atoms with Crippen molar-refractivity contribution >= 4 is 28.5 Å². The zero-order valence-electron chi connectivity index (χ0n) is 20.8. The number of para-hydroxylation sites is 1. The Morgan fingerprint density at radius 3 is 2.47 bits per heavy atom. The van der Waals surface area contributed by atoms with Gasteiger partial charge in [-0.2, -0.15) is 0 Å². The fourth-order valence-electron chi connectivity index (χ4n) is 3.82. The number of rotatable bonds is 8. The van der Waals surface area contributed by atoms with E-state index in [1.165, 1.54) is 0 Å². The SMILES string of the molecule is CCc1ccccc1NC(=O)c1cc(C)nc2cc(-c3ccc(OCC(C)(C)C(=O)O)nc3)ccc12. The minimum absolute atomic E-state index is 0.0153. The summed E-state index contributed by atoms with van der Waals surface area (Å²) in [6.45, 7) is 7.15. The number of carbonyl (C=O) groups excluding carboxylic acids is 1. The molecule has 184 valence electrons. The molecule has 0 aliphatic carbocycles. The molecule has 0 atom stereocenters. The molecule has 0 aliphatic rings. The van der Waals surface area contributed by atoms with Crippen molar-refractivity contribution in [2.45, 2.75) is 34.1 Å². The zero-order valence-corrected chi connectivity index (χ0v) is 20.8. The number of hydrogen-bond acceptors (Lipinski definition) is 5. The second-order valence-electron chi connectivity index (χ2n) is 9.37. The van der Waals surface area contributed by atoms with Crippen molar-refractivity contribution in [2.24, 2.45) is 5.41 Å². The Balaban J connectivity index is 1.59. The molecule has 0 bridgehead atoms. The van der Waals surface area contributed by atoms with Gasteiger partial charge in [0.2, 0.25) is 5.88 Å². The summed E-state index contributed by atoms with van der Waals surface area (Å²) in [5.41, 5.74) is 4.66. The highest BCUT2D eigenvalue weighted by Gasteiger charge is 2.28. The van der Waals surface area contributed by atoms with Crippen LogP contribution in [-0.4, -0.2) is 33.6 Å². The number of ether oxygens (including phenoxy) is 1. The topological polar surface area (TPSA) is 101 Å². The van der Waals surface area contributed by atoms with Gasteiger partial charge >= 0.3 is 5.97 Å². The van der Waals surface area contributed by atoms with Gasteiger partial charge in [0.25, 0.3) is 5.91 Å². The fourth-order valence-corrected chi connectivity index (χ4v) is 3.82. The number of fused-ring (bicyclic) bond motifs is 1. The molecule has 2 N–H and O–H groups in total. The van der Waals surface area contributed by atoms with Gasteiger partial charge in [-0.05, 0) is 62.6 Å². The molecule has 0 unspecified atom stereocenters. The first-order valence-electron chi connectivity index (χ1n) is 11.8. The highest BCUT2D eigenvalue weighted by atomic mass is 16.5. The summed E-state index contributed by atoms with van der Waals surface area (Å²) in [7, 11) is 0. The summed E-state index contributed by atoms with van der Waals surface area (Å²) in [5, 5.41) is 13.1. The van der Waals surface area contributed by atoms with Crippen LogP contribution in [0.25, 0.3) is 22.0 Å². The van der Waals surface area contributed by atoms with Crippen LogP contribution in [-0.2, 0) is 11.2 Å². The van der Waals surface area contributed by atoms with Gasteiger partial charge in [-0.25, -0.2) is 4.98 Å². The van der Waals surface area contributed by atoms with Crippen molar-refractivity contribution in [1.29, 1.82) is 0 Å². The third-order valence-electron chi connectivity index (χ3n) is 6.06. The summed E-state index contributed by atoms with van der Waals surface area (Å²) >= 11 is 0. The third-order valence-corrected chi connectivity index (χ3v) is 6.06. The number of nitrogens with one attached hydrogen (secondary N) is 1. The Morgan fingerprint density at radius 1 is 1.03 bits per heavy atom. The lowest BCUT2D eigenvalue weighted by Gasteiger charge is -2.19. The van der Waals surface area contributed by atoms with Crippen LogP contribution in [0.1, 0.15) is 42.4 Å². The molecule has 0 radical (unpaired) electrons. The van der Waals surface area contributed by atoms with E-state index < -0.39 is 11.4 Å². The normalized spacial score (nSPS) is 11.3. The predicted molar refractivity (Wildman–Crippen MR) is 140 cm³/mol. The quantitative estimate of drug-likeness (QED) is 0.323. The zero-order chi connectivity index (χ0) is 25.9. The minimum atomic E-state index is -1.01. The Morgan fingerprint density at radius 2 is 1.78 bits per heavy atom. The molecule has 0 fully saturated rings. The first kappa shape index (κ1) is 24.9. The molecule has 0 saturated heterocycles. The molecule has 7 heteroatoms. The third kappa shape index (κ3) is 5.35. The number of carbonyl (C=O) groups is 2. The number of pyridine rings is 2. The Labute approximate surface area is 210 Å². The summed E-state index contributed by atoms with van der Waals surface area (Å²) in [4.78, 5) is 33.5. The van der Waals surface area contributed by atoms with Gasteiger partial charge in [-0.3, -0.25) is 14.6 Å². The maximum Gasteiger partial charge on any atom is 0.312 e. The molecule has 2 aromatic carbocycles. The van der Waals surface area contributed by atoms with Crippen molar-refractivity contribution in [2.75, 3.05) is 11.9 Å². The first-order chi connectivity index (χ1) is 17.2. The van der Waals surface area contributed by atoms with Gasteiger partial charge in [0.15, 0.2) is 0 Å². The molecule has 36 heavy (non-hydrogen) atoms. The maximum absolute atomic E-state index is 13.2. The Kier molecular flexibility index (Phi) is 7.01. The number of anilines is 1. The summed E-state index contributed by atoms with van der Waals surface area (Å²) in [6.07, 6.45) is 2.50. The summed E-state index contributed by atoms with van der Waals surface area (Å²) < 4.78 is 5.57. The number of aromatic nitrogens is 2. The second-order valence-corrected chi connectivity index (χ2v) is 9.37. The highest BCUT2D eigenvalue weighted by Crippen LogP contribution is 2.28. The minimum Gasteiger partial charge on any atom is -0.481 e. The van der Waals surface area contributed by atoms with E-state index in [9.17, 15) is 14.7 Å². The number of aliphatic carboxylic acids is 1. The van der Waals surface area contributed by atoms with Gasteiger partial charge in [0, 0.05) is 34.6 Å². The molecule has 0 aliphatic heterocycles. The summed E-state index contributed by atoms with van der Waals surface area (Å²) in [5.74, 6) is -0.749. The van der Waals surface area contributed by atoms with Crippen molar-refractivity contribution in [1.82, 2.24) is 9.97 Å². The number of aryl methyl sites for hydroxylation is 2. The van der Waals surface area contributed by atoms with Crippen LogP contribution < -0.4 is 10.1 Å². The average Bonchev–Trinajstić information content (AvgIpc) is 2.87. The predicted octanol–water partition coefficient (Wildman–Crippen LogP) is 5.91. The van der Waals surface area contributed by atoms with Crippen LogP contribution in [0.5, 0.6) is 5.88 Å². The standard InChI is InChI=1S/C29H29N3O4/c1-5-19-8-6-7-9-24(19)32-27(33)23-14-18(2)31-25-15-20(10-12-22(23)25)21-11-13-26(30-16-21)36-17-29(3,4)28(34)35/h6-16H,5,17H2,1-4H3,(H,32,33)(H,34,35). The van der Waals surface area contributed by atoms with E-state index in [0.29, 0.717) is 17.0 Å². The lowest BCUT2D eigenvalue weighted by Crippen LogP contribution is -2.30. The largest absolute Gasteiger partial charge is 0.481 e. The van der Waals surface area contributed by atoms with Gasteiger partial charge < -0.3 is 15.2 Å². The fraction of sp³-hybridized carbons (Fsp3) is 0.241. The molecule has 7 nitrogen and oxygen atoms in total. The van der Waals surface area contributed by atoms with E-state index in [2.05, 4.69) is 22.2 Å². The van der Waals surface area contributed by atoms with E-state index in [1.54, 1.807) is 32.2 Å². The van der Waals surface area contributed by atoms with Crippen LogP contribution >= 0.6 is 0 Å². The van der Waals surface area contributed by atoms with Crippen LogP contribution in [0.3, 0.4) is 0 Å². The van der Waals surface area contributed by atoms with E-state index in [4.69, 9.17) is 4.74 Å². The molecular formula is C29H29N3O4. The van der Waals surface area contributed by atoms with Crippen molar-refractivity contribution in [3.63, 3.8) is 0 Å². The first-order valence-corrected chi connectivity index (χ1v) is 11.8. The molecule has 2 aromatic heterocycles. The van der Waals surface area contributed by atoms with Crippen molar-refractivity contribution in [3.05, 3.63) is 83.7 Å². The van der Waals surface area contributed by atoms with E-state index in [1.807, 2.05) is 55.5 Å².